The van der Waals surface area contributed by atoms with Crippen molar-refractivity contribution in [1.29, 1.82) is 0 Å². The Hall–Kier alpha value is -1.63. The van der Waals surface area contributed by atoms with Crippen molar-refractivity contribution in [3.8, 4) is 0 Å². The number of aromatic nitrogens is 2. The van der Waals surface area contributed by atoms with Crippen molar-refractivity contribution in [3.05, 3.63) is 6.07 Å². The summed E-state index contributed by atoms with van der Waals surface area (Å²) < 4.78 is 0. The predicted molar refractivity (Wildman–Crippen MR) is 118 cm³/mol. The lowest BCUT2D eigenvalue weighted by Crippen LogP contribution is -2.40. The summed E-state index contributed by atoms with van der Waals surface area (Å²) in [7, 11) is 0. The highest BCUT2D eigenvalue weighted by molar-refractivity contribution is 7.80. The van der Waals surface area contributed by atoms with Gasteiger partial charge in [-0.15, -0.1) is 0 Å². The van der Waals surface area contributed by atoms with Gasteiger partial charge in [-0.3, -0.25) is 0 Å². The molecule has 2 atom stereocenters. The summed E-state index contributed by atoms with van der Waals surface area (Å²) in [4.78, 5) is 14.4. The van der Waals surface area contributed by atoms with Crippen LogP contribution in [0, 0.1) is 11.8 Å². The molecule has 0 radical (unpaired) electrons. The monoisotopic (exact) mass is 390 g/mol. The van der Waals surface area contributed by atoms with E-state index in [2.05, 4.69) is 54.2 Å². The molecule has 2 fully saturated rings. The lowest BCUT2D eigenvalue weighted by Gasteiger charge is -2.36. The summed E-state index contributed by atoms with van der Waals surface area (Å²) in [6.07, 6.45) is 5.05. The Labute approximate surface area is 169 Å². The molecule has 6 nitrogen and oxygen atoms in total. The van der Waals surface area contributed by atoms with Gasteiger partial charge >= 0.3 is 0 Å². The van der Waals surface area contributed by atoms with Gasteiger partial charge in [0.15, 0.2) is 5.11 Å². The Morgan fingerprint density at radius 3 is 2.22 bits per heavy atom. The molecule has 0 spiro atoms. The first-order valence-corrected chi connectivity index (χ1v) is 10.8. The molecule has 2 unspecified atom stereocenters. The minimum atomic E-state index is 0.276. The lowest BCUT2D eigenvalue weighted by molar-refractivity contribution is 0.355. The number of hydrogen-bond acceptors (Lipinski definition) is 5. The second-order valence-corrected chi connectivity index (χ2v) is 8.97. The molecule has 2 aliphatic heterocycles. The second kappa shape index (κ2) is 9.04. The summed E-state index contributed by atoms with van der Waals surface area (Å²) in [6, 6.07) is 2.44. The first-order valence-electron chi connectivity index (χ1n) is 10.4. The van der Waals surface area contributed by atoms with Crippen molar-refractivity contribution in [2.45, 2.75) is 59.4 Å². The van der Waals surface area contributed by atoms with E-state index in [0.29, 0.717) is 22.9 Å². The molecule has 1 aromatic heterocycles. The van der Waals surface area contributed by atoms with Crippen molar-refractivity contribution >= 4 is 34.9 Å². The van der Waals surface area contributed by atoms with Crippen LogP contribution in [0.15, 0.2) is 6.07 Å². The fourth-order valence-electron chi connectivity index (χ4n) is 4.17. The zero-order chi connectivity index (χ0) is 19.4. The Morgan fingerprint density at radius 2 is 1.63 bits per heavy atom. The van der Waals surface area contributed by atoms with Crippen LogP contribution in [0.4, 0.5) is 17.6 Å². The van der Waals surface area contributed by atoms with Crippen LogP contribution < -0.4 is 20.4 Å². The molecule has 2 N–H and O–H groups in total. The maximum atomic E-state index is 5.42. The van der Waals surface area contributed by atoms with Gasteiger partial charge in [-0.05, 0) is 63.6 Å². The van der Waals surface area contributed by atoms with Gasteiger partial charge in [0.2, 0.25) is 5.95 Å². The van der Waals surface area contributed by atoms with E-state index in [1.54, 1.807) is 0 Å². The van der Waals surface area contributed by atoms with Crippen molar-refractivity contribution in [1.82, 2.24) is 15.3 Å². The van der Waals surface area contributed by atoms with Crippen LogP contribution in [0.3, 0.4) is 0 Å². The van der Waals surface area contributed by atoms with E-state index in [9.17, 15) is 0 Å². The zero-order valence-corrected chi connectivity index (χ0v) is 18.0. The van der Waals surface area contributed by atoms with Crippen LogP contribution in [-0.4, -0.2) is 47.3 Å². The number of hydrogen-bond donors (Lipinski definition) is 2. The van der Waals surface area contributed by atoms with Crippen molar-refractivity contribution in [2.24, 2.45) is 11.8 Å². The molecule has 1 aromatic rings. The molecule has 0 bridgehead atoms. The molecule has 3 heterocycles. The summed E-state index contributed by atoms with van der Waals surface area (Å²) >= 11 is 5.42. The van der Waals surface area contributed by atoms with Crippen LogP contribution in [-0.2, 0) is 0 Å². The van der Waals surface area contributed by atoms with Gasteiger partial charge in [-0.25, -0.2) is 0 Å². The number of piperidine rings is 2. The average molecular weight is 391 g/mol. The third-order valence-corrected chi connectivity index (χ3v) is 5.44. The maximum absolute atomic E-state index is 5.42. The summed E-state index contributed by atoms with van der Waals surface area (Å²) in [5.41, 5.74) is 0. The summed E-state index contributed by atoms with van der Waals surface area (Å²) in [6.45, 7) is 13.0. The van der Waals surface area contributed by atoms with Gasteiger partial charge in [0.25, 0.3) is 0 Å². The molecule has 27 heavy (non-hydrogen) atoms. The van der Waals surface area contributed by atoms with Crippen molar-refractivity contribution in [3.63, 3.8) is 0 Å². The quantitative estimate of drug-likeness (QED) is 0.761. The molecular weight excluding hydrogens is 356 g/mol. The highest BCUT2D eigenvalue weighted by Crippen LogP contribution is 2.29. The fraction of sp³-hybridized carbons (Fsp3) is 0.750. The molecule has 0 saturated carbocycles. The standard InChI is InChI=1S/C20H34N6S/c1-14(2)21-20(27)24-19-22-17(25-8-6-5-7-9-25)11-18(23-19)26-12-15(3)10-16(4)13-26/h11,14-16H,5-10,12-13H2,1-4H3,(H2,21,22,23,24,27). The SMILES string of the molecule is CC1CC(C)CN(c2cc(N3CCCCC3)nc(NC(=S)NC(C)C)n2)C1. The first kappa shape index (κ1) is 20.1. The van der Waals surface area contributed by atoms with Crippen molar-refractivity contribution < 1.29 is 0 Å². The second-order valence-electron chi connectivity index (χ2n) is 8.56. The number of nitrogens with zero attached hydrogens (tertiary/aromatic N) is 4. The maximum Gasteiger partial charge on any atom is 0.232 e. The minimum absolute atomic E-state index is 0.276. The van der Waals surface area contributed by atoms with Crippen LogP contribution >= 0.6 is 12.2 Å². The van der Waals surface area contributed by atoms with E-state index in [4.69, 9.17) is 22.2 Å². The molecule has 2 saturated heterocycles. The predicted octanol–water partition coefficient (Wildman–Crippen LogP) is 3.64. The van der Waals surface area contributed by atoms with Gasteiger partial charge in [-0.1, -0.05) is 13.8 Å². The van der Waals surface area contributed by atoms with Crippen LogP contribution in [0.25, 0.3) is 0 Å². The molecule has 0 aliphatic carbocycles. The fourth-order valence-corrected chi connectivity index (χ4v) is 4.50. The molecule has 7 heteroatoms. The topological polar surface area (TPSA) is 56.3 Å². The molecule has 0 amide bonds. The van der Waals surface area contributed by atoms with Gasteiger partial charge in [0.05, 0.1) is 0 Å². The number of nitrogens with one attached hydrogen (secondary N) is 2. The van der Waals surface area contributed by atoms with Crippen LogP contribution in [0.2, 0.25) is 0 Å². The number of thiocarbonyl (C=S) groups is 1. The summed E-state index contributed by atoms with van der Waals surface area (Å²) in [5, 5.41) is 6.99. The van der Waals surface area contributed by atoms with E-state index in [1.165, 1.54) is 25.7 Å². The summed E-state index contributed by atoms with van der Waals surface area (Å²) in [5.74, 6) is 3.99. The highest BCUT2D eigenvalue weighted by Gasteiger charge is 2.25. The molecule has 3 rings (SSSR count). The molecule has 150 valence electrons. The highest BCUT2D eigenvalue weighted by atomic mass is 32.1. The van der Waals surface area contributed by atoms with E-state index in [1.807, 2.05) is 0 Å². The van der Waals surface area contributed by atoms with Crippen LogP contribution in [0.5, 0.6) is 0 Å². The van der Waals surface area contributed by atoms with Gasteiger partial charge in [0, 0.05) is 38.3 Å². The normalized spacial score (nSPS) is 23.4. The first-order chi connectivity index (χ1) is 12.9. The Balaban J connectivity index is 1.86. The Bertz CT molecular complexity index is 633. The van der Waals surface area contributed by atoms with Crippen molar-refractivity contribution in [2.75, 3.05) is 41.3 Å². The minimum Gasteiger partial charge on any atom is -0.360 e. The van der Waals surface area contributed by atoms with Gasteiger partial charge in [0.1, 0.15) is 11.6 Å². The third-order valence-electron chi connectivity index (χ3n) is 5.22. The number of rotatable bonds is 4. The molecule has 2 aliphatic rings. The van der Waals surface area contributed by atoms with E-state index in [-0.39, 0.29) is 6.04 Å². The van der Waals surface area contributed by atoms with Gasteiger partial charge < -0.3 is 20.4 Å². The smallest absolute Gasteiger partial charge is 0.232 e. The zero-order valence-electron chi connectivity index (χ0n) is 17.2. The lowest BCUT2D eigenvalue weighted by atomic mass is 9.92. The molecular formula is C20H34N6S. The van der Waals surface area contributed by atoms with E-state index >= 15 is 0 Å². The van der Waals surface area contributed by atoms with E-state index < -0.39 is 0 Å². The van der Waals surface area contributed by atoms with E-state index in [0.717, 1.165) is 37.8 Å². The molecule has 0 aromatic carbocycles. The third kappa shape index (κ3) is 5.67. The van der Waals surface area contributed by atoms with Gasteiger partial charge in [-0.2, -0.15) is 9.97 Å². The largest absolute Gasteiger partial charge is 0.360 e. The average Bonchev–Trinajstić information content (AvgIpc) is 2.60. The Morgan fingerprint density at radius 1 is 1.04 bits per heavy atom. The Kier molecular flexibility index (Phi) is 6.73. The van der Waals surface area contributed by atoms with Crippen LogP contribution in [0.1, 0.15) is 53.4 Å². The number of anilines is 3.